The molecule has 0 radical (unpaired) electrons. The fourth-order valence-corrected chi connectivity index (χ4v) is 3.90. The highest BCUT2D eigenvalue weighted by atomic mass is 16.6. The van der Waals surface area contributed by atoms with Crippen LogP contribution in [0.4, 0.5) is 10.5 Å². The van der Waals surface area contributed by atoms with E-state index < -0.39 is 5.60 Å². The van der Waals surface area contributed by atoms with Crippen LogP contribution in [0.25, 0.3) is 10.8 Å². The third-order valence-corrected chi connectivity index (χ3v) is 5.12. The Labute approximate surface area is 172 Å². The first-order chi connectivity index (χ1) is 13.8. The third-order valence-electron chi connectivity index (χ3n) is 5.12. The SMILES string of the molecule is CC1CN(C(=O)OC(C)(C)C)c2cc(OCc3ccccc3)c3ccccc3c21. The van der Waals surface area contributed by atoms with Gasteiger partial charge in [0.1, 0.15) is 18.0 Å². The molecular formula is C25H27NO3. The normalized spacial score (nSPS) is 16.0. The molecule has 150 valence electrons. The summed E-state index contributed by atoms with van der Waals surface area (Å²) in [6, 6.07) is 20.3. The molecule has 1 unspecified atom stereocenters. The maximum atomic E-state index is 12.9. The molecule has 4 rings (SSSR count). The zero-order chi connectivity index (χ0) is 20.6. The van der Waals surface area contributed by atoms with Crippen LogP contribution in [0.2, 0.25) is 0 Å². The van der Waals surface area contributed by atoms with Gasteiger partial charge in [-0.25, -0.2) is 4.79 Å². The smallest absolute Gasteiger partial charge is 0.414 e. The predicted octanol–water partition coefficient (Wildman–Crippen LogP) is 6.28. The number of nitrogens with zero attached hydrogens (tertiary/aromatic N) is 1. The molecule has 3 aromatic rings. The van der Waals surface area contributed by atoms with Gasteiger partial charge in [0, 0.05) is 23.9 Å². The summed E-state index contributed by atoms with van der Waals surface area (Å²) in [5.74, 6) is 1.01. The summed E-state index contributed by atoms with van der Waals surface area (Å²) < 4.78 is 11.9. The molecule has 1 aliphatic rings. The molecule has 0 N–H and O–H groups in total. The van der Waals surface area contributed by atoms with E-state index in [-0.39, 0.29) is 12.0 Å². The second-order valence-electron chi connectivity index (χ2n) is 8.62. The maximum absolute atomic E-state index is 12.9. The number of carbonyl (C=O) groups is 1. The molecule has 29 heavy (non-hydrogen) atoms. The van der Waals surface area contributed by atoms with Crippen LogP contribution in [-0.2, 0) is 11.3 Å². The first-order valence-corrected chi connectivity index (χ1v) is 10.1. The topological polar surface area (TPSA) is 38.8 Å². The van der Waals surface area contributed by atoms with Gasteiger partial charge in [-0.15, -0.1) is 0 Å². The van der Waals surface area contributed by atoms with Crippen molar-refractivity contribution >= 4 is 22.6 Å². The molecule has 1 amide bonds. The lowest BCUT2D eigenvalue weighted by atomic mass is 9.95. The number of anilines is 1. The van der Waals surface area contributed by atoms with Crippen molar-refractivity contribution < 1.29 is 14.3 Å². The number of fused-ring (bicyclic) bond motifs is 3. The average Bonchev–Trinajstić information content (AvgIpc) is 3.02. The molecule has 0 spiro atoms. The highest BCUT2D eigenvalue weighted by Crippen LogP contribution is 2.45. The van der Waals surface area contributed by atoms with E-state index in [9.17, 15) is 4.79 Å². The highest BCUT2D eigenvalue weighted by molar-refractivity contribution is 6.01. The van der Waals surface area contributed by atoms with Crippen LogP contribution in [0.15, 0.2) is 60.7 Å². The largest absolute Gasteiger partial charge is 0.488 e. The Morgan fingerprint density at radius 2 is 1.69 bits per heavy atom. The minimum atomic E-state index is -0.535. The van der Waals surface area contributed by atoms with Crippen molar-refractivity contribution in [1.29, 1.82) is 0 Å². The molecule has 1 atom stereocenters. The Kier molecular flexibility index (Phi) is 4.95. The van der Waals surface area contributed by atoms with Gasteiger partial charge in [-0.2, -0.15) is 0 Å². The summed E-state index contributed by atoms with van der Waals surface area (Å²) in [6.45, 7) is 8.91. The lowest BCUT2D eigenvalue weighted by Gasteiger charge is -2.25. The predicted molar refractivity (Wildman–Crippen MR) is 117 cm³/mol. The van der Waals surface area contributed by atoms with Crippen molar-refractivity contribution in [3.8, 4) is 5.75 Å². The fraction of sp³-hybridized carbons (Fsp3) is 0.320. The number of carbonyl (C=O) groups excluding carboxylic acids is 1. The van der Waals surface area contributed by atoms with Gasteiger partial charge in [0.25, 0.3) is 0 Å². The van der Waals surface area contributed by atoms with Crippen LogP contribution in [-0.4, -0.2) is 18.2 Å². The van der Waals surface area contributed by atoms with E-state index in [1.54, 1.807) is 4.90 Å². The molecule has 0 bridgehead atoms. The van der Waals surface area contributed by atoms with Gasteiger partial charge in [-0.3, -0.25) is 4.90 Å². The van der Waals surface area contributed by atoms with Gasteiger partial charge in [0.05, 0.1) is 5.69 Å². The molecule has 0 fully saturated rings. The first kappa shape index (κ1) is 19.3. The van der Waals surface area contributed by atoms with E-state index in [0.29, 0.717) is 13.2 Å². The third kappa shape index (κ3) is 3.93. The number of amides is 1. The van der Waals surface area contributed by atoms with Crippen LogP contribution in [0.5, 0.6) is 5.75 Å². The molecule has 0 aliphatic carbocycles. The number of hydrogen-bond donors (Lipinski definition) is 0. The van der Waals surface area contributed by atoms with Crippen molar-refractivity contribution in [2.45, 2.75) is 45.8 Å². The van der Waals surface area contributed by atoms with E-state index in [1.807, 2.05) is 69.3 Å². The first-order valence-electron chi connectivity index (χ1n) is 10.1. The molecule has 0 saturated carbocycles. The number of hydrogen-bond acceptors (Lipinski definition) is 3. The molecular weight excluding hydrogens is 362 g/mol. The van der Waals surface area contributed by atoms with Crippen molar-refractivity contribution in [1.82, 2.24) is 0 Å². The Bertz CT molecular complexity index is 1040. The van der Waals surface area contributed by atoms with Gasteiger partial charge in [-0.1, -0.05) is 61.5 Å². The molecule has 3 aromatic carbocycles. The zero-order valence-corrected chi connectivity index (χ0v) is 17.4. The van der Waals surface area contributed by atoms with Crippen LogP contribution >= 0.6 is 0 Å². The van der Waals surface area contributed by atoms with Crippen molar-refractivity contribution in [3.63, 3.8) is 0 Å². The summed E-state index contributed by atoms with van der Waals surface area (Å²) in [5, 5.41) is 2.20. The maximum Gasteiger partial charge on any atom is 0.414 e. The van der Waals surface area contributed by atoms with E-state index in [2.05, 4.69) is 19.1 Å². The average molecular weight is 389 g/mol. The molecule has 4 heteroatoms. The van der Waals surface area contributed by atoms with Gasteiger partial charge in [0.2, 0.25) is 0 Å². The quantitative estimate of drug-likeness (QED) is 0.529. The van der Waals surface area contributed by atoms with Crippen LogP contribution in [0.1, 0.15) is 44.7 Å². The Balaban J connectivity index is 1.75. The van der Waals surface area contributed by atoms with Crippen LogP contribution < -0.4 is 9.64 Å². The molecule has 4 nitrogen and oxygen atoms in total. The summed E-state index contributed by atoms with van der Waals surface area (Å²) in [5.41, 5.74) is 2.63. The minimum Gasteiger partial charge on any atom is -0.488 e. The van der Waals surface area contributed by atoms with Gasteiger partial charge in [-0.05, 0) is 37.3 Å². The Hall–Kier alpha value is -3.01. The monoisotopic (exact) mass is 389 g/mol. The fourth-order valence-electron chi connectivity index (χ4n) is 3.90. The van der Waals surface area contributed by atoms with Crippen LogP contribution in [0, 0.1) is 0 Å². The lowest BCUT2D eigenvalue weighted by Crippen LogP contribution is -2.36. The zero-order valence-electron chi connectivity index (χ0n) is 17.4. The second kappa shape index (κ2) is 7.43. The van der Waals surface area contributed by atoms with Crippen molar-refractivity contribution in [2.75, 3.05) is 11.4 Å². The van der Waals surface area contributed by atoms with Gasteiger partial charge >= 0.3 is 6.09 Å². The van der Waals surface area contributed by atoms with E-state index in [0.717, 1.165) is 27.8 Å². The van der Waals surface area contributed by atoms with Gasteiger partial charge in [0.15, 0.2) is 0 Å². The van der Waals surface area contributed by atoms with Crippen molar-refractivity contribution in [3.05, 3.63) is 71.8 Å². The summed E-state index contributed by atoms with van der Waals surface area (Å²) >= 11 is 0. The number of ether oxygens (including phenoxy) is 2. The van der Waals surface area contributed by atoms with E-state index >= 15 is 0 Å². The molecule has 0 aromatic heterocycles. The van der Waals surface area contributed by atoms with E-state index in [1.165, 1.54) is 5.56 Å². The molecule has 1 heterocycles. The molecule has 0 saturated heterocycles. The summed E-state index contributed by atoms with van der Waals surface area (Å²) in [4.78, 5) is 14.6. The highest BCUT2D eigenvalue weighted by Gasteiger charge is 2.35. The molecule has 1 aliphatic heterocycles. The second-order valence-corrected chi connectivity index (χ2v) is 8.62. The Morgan fingerprint density at radius 3 is 2.38 bits per heavy atom. The Morgan fingerprint density at radius 1 is 1.03 bits per heavy atom. The number of rotatable bonds is 3. The van der Waals surface area contributed by atoms with Crippen LogP contribution in [0.3, 0.4) is 0 Å². The van der Waals surface area contributed by atoms with E-state index in [4.69, 9.17) is 9.47 Å². The summed E-state index contributed by atoms with van der Waals surface area (Å²) in [7, 11) is 0. The van der Waals surface area contributed by atoms with Crippen molar-refractivity contribution in [2.24, 2.45) is 0 Å². The number of benzene rings is 3. The minimum absolute atomic E-state index is 0.227. The summed E-state index contributed by atoms with van der Waals surface area (Å²) in [6.07, 6.45) is -0.313. The van der Waals surface area contributed by atoms with Gasteiger partial charge < -0.3 is 9.47 Å². The standard InChI is InChI=1S/C25H27NO3/c1-17-15-26(24(27)29-25(2,3)4)21-14-22(28-16-18-10-6-5-7-11-18)19-12-8-9-13-20(19)23(17)21/h5-14,17H,15-16H2,1-4H3. The lowest BCUT2D eigenvalue weighted by molar-refractivity contribution is 0.0582.